The topological polar surface area (TPSA) is 21.3 Å². The molecular formula is C19H29NO. The minimum atomic E-state index is 0.311. The number of ether oxygens (including phenoxy) is 1. The molecule has 21 heavy (non-hydrogen) atoms. The molecule has 2 atom stereocenters. The summed E-state index contributed by atoms with van der Waals surface area (Å²) in [7, 11) is 0. The van der Waals surface area contributed by atoms with Gasteiger partial charge in [-0.25, -0.2) is 0 Å². The zero-order valence-electron chi connectivity index (χ0n) is 13.5. The van der Waals surface area contributed by atoms with Crippen LogP contribution in [-0.4, -0.2) is 25.8 Å². The Hall–Kier alpha value is -0.860. The maximum Gasteiger partial charge on any atom is 0.0675 e. The molecule has 1 N–H and O–H groups in total. The van der Waals surface area contributed by atoms with Gasteiger partial charge in [0.15, 0.2) is 0 Å². The molecule has 1 heterocycles. The van der Waals surface area contributed by atoms with Crippen molar-refractivity contribution in [3.8, 4) is 0 Å². The van der Waals surface area contributed by atoms with Crippen molar-refractivity contribution in [3.63, 3.8) is 0 Å². The molecule has 0 amide bonds. The van der Waals surface area contributed by atoms with Crippen LogP contribution < -0.4 is 5.32 Å². The third-order valence-corrected chi connectivity index (χ3v) is 5.13. The van der Waals surface area contributed by atoms with Crippen molar-refractivity contribution in [1.82, 2.24) is 5.32 Å². The van der Waals surface area contributed by atoms with Gasteiger partial charge in [-0.05, 0) is 57.1 Å². The van der Waals surface area contributed by atoms with Gasteiger partial charge < -0.3 is 10.1 Å². The predicted octanol–water partition coefficient (Wildman–Crippen LogP) is 3.72. The number of hydrogen-bond acceptors (Lipinski definition) is 2. The molecule has 2 nitrogen and oxygen atoms in total. The quantitative estimate of drug-likeness (QED) is 0.772. The van der Waals surface area contributed by atoms with Gasteiger partial charge in [0, 0.05) is 18.6 Å². The Morgan fingerprint density at radius 1 is 1.24 bits per heavy atom. The normalized spacial score (nSPS) is 29.0. The Balaban J connectivity index is 1.76. The Kier molecular flexibility index (Phi) is 4.66. The lowest BCUT2D eigenvalue weighted by molar-refractivity contribution is 0.0307. The average Bonchev–Trinajstić information content (AvgIpc) is 3.24. The zero-order valence-corrected chi connectivity index (χ0v) is 13.5. The van der Waals surface area contributed by atoms with E-state index in [1.807, 2.05) is 0 Å². The van der Waals surface area contributed by atoms with E-state index in [-0.39, 0.29) is 0 Å². The van der Waals surface area contributed by atoms with E-state index in [1.165, 1.54) is 36.8 Å². The molecule has 1 aromatic carbocycles. The summed E-state index contributed by atoms with van der Waals surface area (Å²) in [5.41, 5.74) is 3.12. The van der Waals surface area contributed by atoms with Gasteiger partial charge >= 0.3 is 0 Å². The van der Waals surface area contributed by atoms with Crippen molar-refractivity contribution in [3.05, 3.63) is 35.4 Å². The van der Waals surface area contributed by atoms with Crippen LogP contribution in [0.15, 0.2) is 24.3 Å². The van der Waals surface area contributed by atoms with Gasteiger partial charge in [-0.15, -0.1) is 0 Å². The van der Waals surface area contributed by atoms with Crippen LogP contribution in [0.4, 0.5) is 0 Å². The lowest BCUT2D eigenvalue weighted by atomic mass is 9.74. The van der Waals surface area contributed by atoms with Crippen LogP contribution in [0.5, 0.6) is 0 Å². The van der Waals surface area contributed by atoms with Crippen LogP contribution in [0.2, 0.25) is 0 Å². The fraction of sp³-hybridized carbons (Fsp3) is 0.684. The minimum Gasteiger partial charge on any atom is -0.377 e. The fourth-order valence-electron chi connectivity index (χ4n) is 3.81. The molecule has 0 bridgehead atoms. The summed E-state index contributed by atoms with van der Waals surface area (Å²) in [5.74, 6) is 0.821. The largest absolute Gasteiger partial charge is 0.377 e. The van der Waals surface area contributed by atoms with Crippen LogP contribution in [0.3, 0.4) is 0 Å². The van der Waals surface area contributed by atoms with E-state index in [9.17, 15) is 0 Å². The average molecular weight is 287 g/mol. The molecule has 0 radical (unpaired) electrons. The molecule has 1 saturated carbocycles. The summed E-state index contributed by atoms with van der Waals surface area (Å²) in [4.78, 5) is 0. The van der Waals surface area contributed by atoms with Gasteiger partial charge in [-0.3, -0.25) is 0 Å². The molecule has 116 valence electrons. The highest BCUT2D eigenvalue weighted by atomic mass is 16.5. The first-order chi connectivity index (χ1) is 10.2. The SMILES string of the molecule is CCCNCC1(Cc2ccc(C)cc2)CCOC1C1CC1. The third kappa shape index (κ3) is 3.49. The molecule has 2 unspecified atom stereocenters. The van der Waals surface area contributed by atoms with Crippen molar-refractivity contribution in [2.75, 3.05) is 19.7 Å². The smallest absolute Gasteiger partial charge is 0.0675 e. The van der Waals surface area contributed by atoms with E-state index in [1.54, 1.807) is 0 Å². The molecular weight excluding hydrogens is 258 g/mol. The summed E-state index contributed by atoms with van der Waals surface area (Å²) in [5, 5.41) is 3.68. The van der Waals surface area contributed by atoms with E-state index in [4.69, 9.17) is 4.74 Å². The predicted molar refractivity (Wildman–Crippen MR) is 87.6 cm³/mol. The summed E-state index contributed by atoms with van der Waals surface area (Å²) in [6.07, 6.45) is 6.78. The van der Waals surface area contributed by atoms with E-state index in [0.29, 0.717) is 11.5 Å². The van der Waals surface area contributed by atoms with Crippen molar-refractivity contribution in [1.29, 1.82) is 0 Å². The first kappa shape index (κ1) is 15.1. The minimum absolute atomic E-state index is 0.311. The molecule has 1 aliphatic carbocycles. The fourth-order valence-corrected chi connectivity index (χ4v) is 3.81. The highest BCUT2D eigenvalue weighted by molar-refractivity contribution is 5.23. The molecule has 1 aliphatic heterocycles. The second kappa shape index (κ2) is 6.50. The number of aryl methyl sites for hydroxylation is 1. The summed E-state index contributed by atoms with van der Waals surface area (Å²) < 4.78 is 6.18. The van der Waals surface area contributed by atoms with Crippen molar-refractivity contribution >= 4 is 0 Å². The Labute approximate surface area is 129 Å². The molecule has 2 aliphatic rings. The summed E-state index contributed by atoms with van der Waals surface area (Å²) >= 11 is 0. The van der Waals surface area contributed by atoms with Crippen molar-refractivity contribution in [2.45, 2.75) is 52.1 Å². The van der Waals surface area contributed by atoms with Crippen LogP contribution in [0, 0.1) is 18.3 Å². The van der Waals surface area contributed by atoms with Gasteiger partial charge in [-0.2, -0.15) is 0 Å². The van der Waals surface area contributed by atoms with Gasteiger partial charge in [0.2, 0.25) is 0 Å². The Morgan fingerprint density at radius 3 is 2.67 bits per heavy atom. The number of rotatable bonds is 7. The van der Waals surface area contributed by atoms with Crippen molar-refractivity contribution < 1.29 is 4.74 Å². The van der Waals surface area contributed by atoms with Gasteiger partial charge in [-0.1, -0.05) is 36.8 Å². The molecule has 2 heteroatoms. The van der Waals surface area contributed by atoms with Crippen LogP contribution in [0.25, 0.3) is 0 Å². The highest BCUT2D eigenvalue weighted by Crippen LogP contribution is 2.49. The lowest BCUT2D eigenvalue weighted by Crippen LogP contribution is -2.43. The van der Waals surface area contributed by atoms with Gasteiger partial charge in [0.05, 0.1) is 6.10 Å². The monoisotopic (exact) mass is 287 g/mol. The van der Waals surface area contributed by atoms with Crippen LogP contribution in [0.1, 0.15) is 43.7 Å². The van der Waals surface area contributed by atoms with E-state index < -0.39 is 0 Å². The number of benzene rings is 1. The van der Waals surface area contributed by atoms with Crippen LogP contribution in [-0.2, 0) is 11.2 Å². The maximum atomic E-state index is 6.18. The van der Waals surface area contributed by atoms with E-state index in [2.05, 4.69) is 43.4 Å². The third-order valence-electron chi connectivity index (χ3n) is 5.13. The second-order valence-electron chi connectivity index (χ2n) is 7.08. The first-order valence-corrected chi connectivity index (χ1v) is 8.61. The first-order valence-electron chi connectivity index (χ1n) is 8.61. The second-order valence-corrected chi connectivity index (χ2v) is 7.08. The molecule has 2 fully saturated rings. The summed E-state index contributed by atoms with van der Waals surface area (Å²) in [6, 6.07) is 9.09. The van der Waals surface area contributed by atoms with Crippen molar-refractivity contribution in [2.24, 2.45) is 11.3 Å². The van der Waals surface area contributed by atoms with Gasteiger partial charge in [0.1, 0.15) is 0 Å². The molecule has 0 aromatic heterocycles. The maximum absolute atomic E-state index is 6.18. The Bertz CT molecular complexity index is 451. The number of nitrogens with one attached hydrogen (secondary N) is 1. The number of hydrogen-bond donors (Lipinski definition) is 1. The molecule has 1 aromatic rings. The highest BCUT2D eigenvalue weighted by Gasteiger charge is 2.50. The molecule has 3 rings (SSSR count). The van der Waals surface area contributed by atoms with Gasteiger partial charge in [0.25, 0.3) is 0 Å². The zero-order chi connectivity index (χ0) is 14.7. The molecule has 1 saturated heterocycles. The van der Waals surface area contributed by atoms with E-state index in [0.717, 1.165) is 32.0 Å². The standard InChI is InChI=1S/C19H29NO/c1-3-11-20-14-19(10-12-21-18(19)17-8-9-17)13-16-6-4-15(2)5-7-16/h4-7,17-18,20H,3,8-14H2,1-2H3. The lowest BCUT2D eigenvalue weighted by Gasteiger charge is -2.35. The summed E-state index contributed by atoms with van der Waals surface area (Å²) in [6.45, 7) is 7.57. The van der Waals surface area contributed by atoms with E-state index >= 15 is 0 Å². The molecule has 0 spiro atoms. The van der Waals surface area contributed by atoms with Crippen LogP contribution >= 0.6 is 0 Å². The Morgan fingerprint density at radius 2 is 2.00 bits per heavy atom.